The molecule has 5 nitrogen and oxygen atoms in total. The molecule has 1 fully saturated rings. The van der Waals surface area contributed by atoms with Crippen LogP contribution in [0.2, 0.25) is 5.02 Å². The molecule has 0 saturated carbocycles. The molecule has 116 valence electrons. The first-order valence-electron chi connectivity index (χ1n) is 6.93. The molecule has 1 aliphatic rings. The Morgan fingerprint density at radius 2 is 2.05 bits per heavy atom. The van der Waals surface area contributed by atoms with Gasteiger partial charge in [-0.25, -0.2) is 0 Å². The molecule has 0 spiro atoms. The van der Waals surface area contributed by atoms with Crippen molar-refractivity contribution in [2.45, 2.75) is 4.90 Å². The van der Waals surface area contributed by atoms with Crippen LogP contribution in [0.4, 0.5) is 5.69 Å². The molecule has 2 N–H and O–H groups in total. The number of carbonyl (C=O) groups excluding carboxylic acids is 1. The number of hydrogen-bond acceptors (Lipinski definition) is 5. The van der Waals surface area contributed by atoms with Crippen molar-refractivity contribution in [1.82, 2.24) is 9.80 Å². The van der Waals surface area contributed by atoms with Gasteiger partial charge in [-0.15, -0.1) is 12.6 Å². The maximum atomic E-state index is 12.2. The first-order valence-corrected chi connectivity index (χ1v) is 7.76. The number of β-amino-alcohol motifs (C(OH)–C–C–N with tert-alkyl or cyclic N) is 1. The predicted molar refractivity (Wildman–Crippen MR) is 87.3 cm³/mol. The summed E-state index contributed by atoms with van der Waals surface area (Å²) in [7, 11) is 0. The summed E-state index contributed by atoms with van der Waals surface area (Å²) in [6.07, 6.45) is 0. The maximum Gasteiger partial charge on any atom is 0.241 e. The van der Waals surface area contributed by atoms with Crippen LogP contribution >= 0.6 is 24.2 Å². The molecule has 1 aromatic carbocycles. The summed E-state index contributed by atoms with van der Waals surface area (Å²) in [4.78, 5) is 16.9. The Morgan fingerprint density at radius 1 is 1.33 bits per heavy atom. The zero-order chi connectivity index (χ0) is 15.2. The molecule has 2 rings (SSSR count). The number of piperazine rings is 1. The van der Waals surface area contributed by atoms with Crippen LogP contribution < -0.4 is 5.32 Å². The molecule has 0 unspecified atom stereocenters. The van der Waals surface area contributed by atoms with E-state index >= 15 is 0 Å². The lowest BCUT2D eigenvalue weighted by Crippen LogP contribution is -2.50. The fraction of sp³-hybridized carbons (Fsp3) is 0.500. The Kier molecular flexibility index (Phi) is 6.17. The van der Waals surface area contributed by atoms with Crippen LogP contribution in [0.25, 0.3) is 0 Å². The molecule has 1 heterocycles. The number of aliphatic hydroxyl groups is 1. The van der Waals surface area contributed by atoms with Crippen molar-refractivity contribution in [2.75, 3.05) is 51.2 Å². The first kappa shape index (κ1) is 16.4. The predicted octanol–water partition coefficient (Wildman–Crippen LogP) is 1.18. The first-order chi connectivity index (χ1) is 10.1. The highest BCUT2D eigenvalue weighted by molar-refractivity contribution is 7.80. The summed E-state index contributed by atoms with van der Waals surface area (Å²) in [6, 6.07) is 5.32. The molecule has 0 aliphatic carbocycles. The number of aliphatic hydroxyl groups excluding tert-OH is 1. The topological polar surface area (TPSA) is 55.8 Å². The van der Waals surface area contributed by atoms with E-state index in [0.29, 0.717) is 24.7 Å². The number of nitrogens with one attached hydrogen (secondary N) is 1. The number of hydrogen-bond donors (Lipinski definition) is 3. The minimum absolute atomic E-state index is 0.0614. The second-order valence-electron chi connectivity index (χ2n) is 4.96. The molecule has 0 aromatic heterocycles. The van der Waals surface area contributed by atoms with Gasteiger partial charge in [0, 0.05) is 48.3 Å². The number of nitrogens with zero attached hydrogens (tertiary/aromatic N) is 2. The van der Waals surface area contributed by atoms with Gasteiger partial charge in [0.25, 0.3) is 0 Å². The minimum atomic E-state index is 0.0614. The van der Waals surface area contributed by atoms with Crippen molar-refractivity contribution in [3.8, 4) is 0 Å². The molecule has 1 aromatic rings. The number of amides is 1. The molecular weight excluding hydrogens is 310 g/mol. The van der Waals surface area contributed by atoms with Crippen molar-refractivity contribution in [3.05, 3.63) is 23.2 Å². The third-order valence-corrected chi connectivity index (χ3v) is 4.15. The summed E-state index contributed by atoms with van der Waals surface area (Å²) >= 11 is 10.3. The minimum Gasteiger partial charge on any atom is -0.395 e. The standard InChI is InChI=1S/C14H20ClN3O2S/c15-11-1-2-13(21)12(9-11)16-10-14(20)18-5-3-17(4-6-18)7-8-19/h1-2,9,16,19,21H,3-8,10H2. The van der Waals surface area contributed by atoms with Crippen LogP contribution in [-0.4, -0.2) is 66.7 Å². The third kappa shape index (κ3) is 4.78. The highest BCUT2D eigenvalue weighted by Crippen LogP contribution is 2.23. The Labute approximate surface area is 135 Å². The summed E-state index contributed by atoms with van der Waals surface area (Å²) < 4.78 is 0. The normalized spacial score (nSPS) is 16.0. The van der Waals surface area contributed by atoms with Crippen LogP contribution in [-0.2, 0) is 4.79 Å². The molecule has 7 heteroatoms. The molecule has 1 saturated heterocycles. The van der Waals surface area contributed by atoms with Crippen LogP contribution in [0, 0.1) is 0 Å². The summed E-state index contributed by atoms with van der Waals surface area (Å²) in [6.45, 7) is 4.07. The molecule has 1 aliphatic heterocycles. The lowest BCUT2D eigenvalue weighted by molar-refractivity contribution is -0.131. The summed E-state index contributed by atoms with van der Waals surface area (Å²) in [5.74, 6) is 0.0614. The highest BCUT2D eigenvalue weighted by Gasteiger charge is 2.20. The lowest BCUT2D eigenvalue weighted by atomic mass is 10.3. The molecule has 1 amide bonds. The van der Waals surface area contributed by atoms with E-state index in [-0.39, 0.29) is 19.1 Å². The lowest BCUT2D eigenvalue weighted by Gasteiger charge is -2.34. The van der Waals surface area contributed by atoms with Crippen LogP contribution in [0.3, 0.4) is 0 Å². The van der Waals surface area contributed by atoms with Crippen LogP contribution in [0.15, 0.2) is 23.1 Å². The van der Waals surface area contributed by atoms with E-state index in [2.05, 4.69) is 22.8 Å². The van der Waals surface area contributed by atoms with Gasteiger partial charge >= 0.3 is 0 Å². The van der Waals surface area contributed by atoms with Gasteiger partial charge in [-0.1, -0.05) is 11.6 Å². The Morgan fingerprint density at radius 3 is 2.71 bits per heavy atom. The van der Waals surface area contributed by atoms with E-state index in [4.69, 9.17) is 16.7 Å². The molecular formula is C14H20ClN3O2S. The fourth-order valence-corrected chi connectivity index (χ4v) is 2.69. The van der Waals surface area contributed by atoms with Crippen molar-refractivity contribution >= 4 is 35.8 Å². The highest BCUT2D eigenvalue weighted by atomic mass is 35.5. The average Bonchev–Trinajstić information content (AvgIpc) is 2.49. The van der Waals surface area contributed by atoms with Gasteiger partial charge in [0.2, 0.25) is 5.91 Å². The Bertz CT molecular complexity index is 493. The van der Waals surface area contributed by atoms with E-state index in [1.165, 1.54) is 0 Å². The van der Waals surface area contributed by atoms with Crippen LogP contribution in [0.5, 0.6) is 0 Å². The van der Waals surface area contributed by atoms with E-state index in [1.807, 2.05) is 4.90 Å². The maximum absolute atomic E-state index is 12.2. The molecule has 0 radical (unpaired) electrons. The zero-order valence-corrected chi connectivity index (χ0v) is 13.4. The summed E-state index contributed by atoms with van der Waals surface area (Å²) in [5.41, 5.74) is 0.762. The fourth-order valence-electron chi connectivity index (χ4n) is 2.29. The van der Waals surface area contributed by atoms with Crippen LogP contribution in [0.1, 0.15) is 0 Å². The molecule has 21 heavy (non-hydrogen) atoms. The number of carbonyl (C=O) groups is 1. The Balaban J connectivity index is 1.81. The van der Waals surface area contributed by atoms with Crippen molar-refractivity contribution < 1.29 is 9.90 Å². The van der Waals surface area contributed by atoms with Crippen molar-refractivity contribution in [1.29, 1.82) is 0 Å². The van der Waals surface area contributed by atoms with Gasteiger partial charge in [-0.3, -0.25) is 9.69 Å². The smallest absolute Gasteiger partial charge is 0.241 e. The quantitative estimate of drug-likeness (QED) is 0.710. The number of anilines is 1. The van der Waals surface area contributed by atoms with E-state index < -0.39 is 0 Å². The van der Waals surface area contributed by atoms with E-state index in [1.54, 1.807) is 18.2 Å². The molecule has 0 bridgehead atoms. The van der Waals surface area contributed by atoms with Crippen molar-refractivity contribution in [2.24, 2.45) is 0 Å². The molecule has 0 atom stereocenters. The van der Waals surface area contributed by atoms with Gasteiger partial charge in [0.05, 0.1) is 13.2 Å². The average molecular weight is 330 g/mol. The van der Waals surface area contributed by atoms with Gasteiger partial charge in [-0.2, -0.15) is 0 Å². The third-order valence-electron chi connectivity index (χ3n) is 3.53. The second kappa shape index (κ2) is 7.89. The van der Waals surface area contributed by atoms with Gasteiger partial charge in [0.15, 0.2) is 0 Å². The second-order valence-corrected chi connectivity index (χ2v) is 5.88. The number of benzene rings is 1. The summed E-state index contributed by atoms with van der Waals surface area (Å²) in [5, 5.41) is 12.6. The van der Waals surface area contributed by atoms with Gasteiger partial charge in [0.1, 0.15) is 0 Å². The number of halogens is 1. The van der Waals surface area contributed by atoms with E-state index in [9.17, 15) is 4.79 Å². The zero-order valence-electron chi connectivity index (χ0n) is 11.8. The van der Waals surface area contributed by atoms with Gasteiger partial charge < -0.3 is 15.3 Å². The number of rotatable bonds is 5. The number of thiol groups is 1. The van der Waals surface area contributed by atoms with Crippen molar-refractivity contribution in [3.63, 3.8) is 0 Å². The van der Waals surface area contributed by atoms with E-state index in [0.717, 1.165) is 23.7 Å². The van der Waals surface area contributed by atoms with Gasteiger partial charge in [-0.05, 0) is 18.2 Å². The Hall–Kier alpha value is -0.950. The largest absolute Gasteiger partial charge is 0.395 e. The monoisotopic (exact) mass is 329 g/mol. The SMILES string of the molecule is O=C(CNc1cc(Cl)ccc1S)N1CCN(CCO)CC1.